The van der Waals surface area contributed by atoms with Crippen molar-refractivity contribution in [2.45, 2.75) is 16.8 Å². The van der Waals surface area contributed by atoms with Gasteiger partial charge in [0.15, 0.2) is 0 Å². The summed E-state index contributed by atoms with van der Waals surface area (Å²) in [6.45, 7) is 1.57. The quantitative estimate of drug-likeness (QED) is 0.403. The van der Waals surface area contributed by atoms with E-state index in [2.05, 4.69) is 10.1 Å². The summed E-state index contributed by atoms with van der Waals surface area (Å²) in [5.74, 6) is 0. The average Bonchev–Trinajstić information content (AvgIpc) is 2.47. The summed E-state index contributed by atoms with van der Waals surface area (Å²) in [6, 6.07) is 10.1. The molecule has 0 aliphatic carbocycles. The summed E-state index contributed by atoms with van der Waals surface area (Å²) in [6.07, 6.45) is 1.63. The zero-order chi connectivity index (χ0) is 14.5. The van der Waals surface area contributed by atoms with Gasteiger partial charge in [0.05, 0.1) is 15.5 Å². The Balaban J connectivity index is 2.41. The molecule has 0 unspecified atom stereocenters. The van der Waals surface area contributed by atoms with E-state index in [4.69, 9.17) is 5.21 Å². The number of nitrogens with zero attached hydrogens (tertiary/aromatic N) is 3. The topological polar surface area (TPSA) is 88.6 Å². The molecule has 0 amide bonds. The number of rotatable bonds is 4. The van der Waals surface area contributed by atoms with Gasteiger partial charge in [-0.1, -0.05) is 29.1 Å². The van der Waals surface area contributed by atoms with Crippen LogP contribution in [-0.4, -0.2) is 20.8 Å². The molecule has 0 saturated heterocycles. The Kier molecular flexibility index (Phi) is 4.31. The molecule has 6 nitrogen and oxygen atoms in total. The second kappa shape index (κ2) is 6.16. The molecule has 0 aliphatic rings. The minimum atomic E-state index is -0.459. The summed E-state index contributed by atoms with van der Waals surface area (Å²) in [5, 5.41) is 23.6. The lowest BCUT2D eigenvalue weighted by Crippen LogP contribution is -1.98. The first kappa shape index (κ1) is 14.0. The highest BCUT2D eigenvalue weighted by molar-refractivity contribution is 7.99. The molecule has 0 aliphatic heterocycles. The molecule has 2 rings (SSSR count). The van der Waals surface area contributed by atoms with Gasteiger partial charge < -0.3 is 5.21 Å². The average molecular weight is 289 g/mol. The van der Waals surface area contributed by atoms with Gasteiger partial charge in [-0.25, -0.2) is 4.98 Å². The Morgan fingerprint density at radius 3 is 2.80 bits per heavy atom. The lowest BCUT2D eigenvalue weighted by Gasteiger charge is -2.04. The van der Waals surface area contributed by atoms with Crippen molar-refractivity contribution in [1.82, 2.24) is 4.98 Å². The third kappa shape index (κ3) is 3.12. The van der Waals surface area contributed by atoms with E-state index in [1.54, 1.807) is 37.4 Å². The fourth-order valence-corrected chi connectivity index (χ4v) is 2.41. The third-order valence-electron chi connectivity index (χ3n) is 2.58. The van der Waals surface area contributed by atoms with E-state index in [-0.39, 0.29) is 5.69 Å². The van der Waals surface area contributed by atoms with Crippen LogP contribution in [0.1, 0.15) is 12.5 Å². The number of pyridine rings is 1. The summed E-state index contributed by atoms with van der Waals surface area (Å²) >= 11 is 1.22. The summed E-state index contributed by atoms with van der Waals surface area (Å²) < 4.78 is 0. The smallest absolute Gasteiger partial charge is 0.283 e. The molecule has 1 N–H and O–H groups in total. The SMILES string of the molecule is C/C(=N\O)c1ccc(Sc2ccccn2)c([N+](=O)[O-])c1. The van der Waals surface area contributed by atoms with E-state index in [1.165, 1.54) is 17.8 Å². The maximum atomic E-state index is 11.1. The van der Waals surface area contributed by atoms with Gasteiger partial charge in [-0.3, -0.25) is 10.1 Å². The molecule has 1 aromatic heterocycles. The lowest BCUT2D eigenvalue weighted by atomic mass is 10.1. The lowest BCUT2D eigenvalue weighted by molar-refractivity contribution is -0.387. The number of hydrogen-bond acceptors (Lipinski definition) is 6. The van der Waals surface area contributed by atoms with Crippen molar-refractivity contribution in [3.63, 3.8) is 0 Å². The third-order valence-corrected chi connectivity index (χ3v) is 3.59. The van der Waals surface area contributed by atoms with E-state index in [0.29, 0.717) is 21.2 Å². The van der Waals surface area contributed by atoms with Crippen LogP contribution in [0.4, 0.5) is 5.69 Å². The molecule has 0 radical (unpaired) electrons. The van der Waals surface area contributed by atoms with Gasteiger partial charge in [-0.2, -0.15) is 0 Å². The molecule has 0 bridgehead atoms. The number of nitro benzene ring substituents is 1. The molecule has 1 heterocycles. The van der Waals surface area contributed by atoms with Gasteiger partial charge in [-0.15, -0.1) is 0 Å². The van der Waals surface area contributed by atoms with E-state index in [0.717, 1.165) is 0 Å². The second-order valence-electron chi connectivity index (χ2n) is 3.90. The van der Waals surface area contributed by atoms with Crippen molar-refractivity contribution in [1.29, 1.82) is 0 Å². The Morgan fingerprint density at radius 2 is 2.20 bits per heavy atom. The van der Waals surface area contributed by atoms with Crippen LogP contribution in [-0.2, 0) is 0 Å². The van der Waals surface area contributed by atoms with Crippen LogP contribution in [0.5, 0.6) is 0 Å². The fourth-order valence-electron chi connectivity index (χ4n) is 1.55. The van der Waals surface area contributed by atoms with Crippen LogP contribution in [0, 0.1) is 10.1 Å². The Hall–Kier alpha value is -2.41. The van der Waals surface area contributed by atoms with Crippen LogP contribution in [0.25, 0.3) is 0 Å². The van der Waals surface area contributed by atoms with Crippen molar-refractivity contribution in [3.8, 4) is 0 Å². The summed E-state index contributed by atoms with van der Waals surface area (Å²) in [5.41, 5.74) is 0.785. The molecule has 0 saturated carbocycles. The first-order valence-electron chi connectivity index (χ1n) is 5.68. The molecule has 0 fully saturated rings. The molecule has 0 spiro atoms. The van der Waals surface area contributed by atoms with Crippen molar-refractivity contribution in [2.24, 2.45) is 5.16 Å². The van der Waals surface area contributed by atoms with Crippen molar-refractivity contribution in [2.75, 3.05) is 0 Å². The number of aromatic nitrogens is 1. The molecule has 7 heteroatoms. The summed E-state index contributed by atoms with van der Waals surface area (Å²) in [7, 11) is 0. The van der Waals surface area contributed by atoms with Gasteiger partial charge in [0, 0.05) is 17.8 Å². The van der Waals surface area contributed by atoms with Crippen LogP contribution in [0.2, 0.25) is 0 Å². The Labute approximate surface area is 119 Å². The number of nitro groups is 1. The van der Waals surface area contributed by atoms with E-state index >= 15 is 0 Å². The van der Waals surface area contributed by atoms with Crippen molar-refractivity contribution >= 4 is 23.2 Å². The molecule has 102 valence electrons. The van der Waals surface area contributed by atoms with Crippen molar-refractivity contribution < 1.29 is 10.1 Å². The zero-order valence-corrected chi connectivity index (χ0v) is 11.4. The Morgan fingerprint density at radius 1 is 1.40 bits per heavy atom. The maximum absolute atomic E-state index is 11.1. The predicted molar refractivity (Wildman–Crippen MR) is 75.5 cm³/mol. The highest BCUT2D eigenvalue weighted by atomic mass is 32.2. The summed E-state index contributed by atoms with van der Waals surface area (Å²) in [4.78, 5) is 15.3. The second-order valence-corrected chi connectivity index (χ2v) is 4.96. The number of hydrogen-bond donors (Lipinski definition) is 1. The van der Waals surface area contributed by atoms with Gasteiger partial charge >= 0.3 is 0 Å². The first-order chi connectivity index (χ1) is 9.61. The van der Waals surface area contributed by atoms with Crippen LogP contribution in [0.3, 0.4) is 0 Å². The van der Waals surface area contributed by atoms with Crippen LogP contribution in [0.15, 0.2) is 57.7 Å². The fraction of sp³-hybridized carbons (Fsp3) is 0.0769. The number of oxime groups is 1. The molecule has 1 aromatic carbocycles. The standard InChI is InChI=1S/C13H11N3O3S/c1-9(15-17)10-5-6-12(11(8-10)16(18)19)20-13-4-2-3-7-14-13/h2-8,17H,1H3/b15-9+. The molecule has 0 atom stereocenters. The molecular weight excluding hydrogens is 278 g/mol. The normalized spacial score (nSPS) is 11.3. The van der Waals surface area contributed by atoms with Gasteiger partial charge in [0.2, 0.25) is 0 Å². The monoisotopic (exact) mass is 289 g/mol. The molecular formula is C13H11N3O3S. The highest BCUT2D eigenvalue weighted by Gasteiger charge is 2.17. The van der Waals surface area contributed by atoms with Crippen LogP contribution < -0.4 is 0 Å². The van der Waals surface area contributed by atoms with Gasteiger partial charge in [-0.05, 0) is 25.1 Å². The van der Waals surface area contributed by atoms with E-state index in [9.17, 15) is 10.1 Å². The predicted octanol–water partition coefficient (Wildman–Crippen LogP) is 3.34. The van der Waals surface area contributed by atoms with Gasteiger partial charge in [0.25, 0.3) is 5.69 Å². The maximum Gasteiger partial charge on any atom is 0.283 e. The zero-order valence-electron chi connectivity index (χ0n) is 10.6. The van der Waals surface area contributed by atoms with E-state index in [1.807, 2.05) is 6.07 Å². The number of benzene rings is 1. The van der Waals surface area contributed by atoms with Crippen LogP contribution >= 0.6 is 11.8 Å². The minimum absolute atomic E-state index is 0.0406. The molecule has 2 aromatic rings. The van der Waals surface area contributed by atoms with Gasteiger partial charge in [0.1, 0.15) is 5.03 Å². The van der Waals surface area contributed by atoms with E-state index < -0.39 is 4.92 Å². The largest absolute Gasteiger partial charge is 0.411 e. The highest BCUT2D eigenvalue weighted by Crippen LogP contribution is 2.34. The van der Waals surface area contributed by atoms with Crippen molar-refractivity contribution in [3.05, 3.63) is 58.3 Å². The first-order valence-corrected chi connectivity index (χ1v) is 6.50. The molecule has 20 heavy (non-hydrogen) atoms. The Bertz CT molecular complexity index is 659. The minimum Gasteiger partial charge on any atom is -0.411 e.